The normalized spacial score (nSPS) is 16.2. The van der Waals surface area contributed by atoms with Gasteiger partial charge in [-0.15, -0.1) is 0 Å². The minimum absolute atomic E-state index is 0.0371. The Morgan fingerprint density at radius 1 is 1.33 bits per heavy atom. The number of rotatable bonds is 4. The molecule has 0 aliphatic carbocycles. The van der Waals surface area contributed by atoms with Crippen LogP contribution in [0, 0.1) is 0 Å². The molecule has 5 heteroatoms. The van der Waals surface area contributed by atoms with Crippen LogP contribution >= 0.6 is 0 Å². The third-order valence-corrected chi connectivity index (χ3v) is 3.68. The predicted octanol–water partition coefficient (Wildman–Crippen LogP) is 2.01. The minimum Gasteiger partial charge on any atom is -0.497 e. The first-order valence-electron chi connectivity index (χ1n) is 7.31. The number of benzene rings is 1. The summed E-state index contributed by atoms with van der Waals surface area (Å²) in [6.45, 7) is 6.66. The van der Waals surface area contributed by atoms with Crippen molar-refractivity contribution in [3.05, 3.63) is 36.0 Å². The lowest BCUT2D eigenvalue weighted by Crippen LogP contribution is -2.50. The summed E-state index contributed by atoms with van der Waals surface area (Å²) < 4.78 is 5.16. The Hall–Kier alpha value is -2.01. The molecule has 2 rings (SSSR count). The molecule has 0 unspecified atom stereocenters. The molecular weight excluding hydrogens is 266 g/mol. The molecule has 0 bridgehead atoms. The molecule has 0 aromatic heterocycles. The second-order valence-electron chi connectivity index (χ2n) is 4.98. The quantitative estimate of drug-likeness (QED) is 0.922. The van der Waals surface area contributed by atoms with E-state index in [1.807, 2.05) is 35.2 Å². The second-order valence-corrected chi connectivity index (χ2v) is 4.98. The van der Waals surface area contributed by atoms with Gasteiger partial charge in [-0.1, -0.05) is 19.1 Å². The van der Waals surface area contributed by atoms with Crippen LogP contribution in [0.15, 0.2) is 30.5 Å². The van der Waals surface area contributed by atoms with Crippen LogP contribution in [-0.2, 0) is 0 Å². The highest BCUT2D eigenvalue weighted by atomic mass is 16.5. The molecule has 1 heterocycles. The molecule has 2 amide bonds. The topological polar surface area (TPSA) is 44.8 Å². The van der Waals surface area contributed by atoms with Crippen LogP contribution in [0.5, 0.6) is 5.75 Å². The number of nitrogens with zero attached hydrogens (tertiary/aromatic N) is 2. The summed E-state index contributed by atoms with van der Waals surface area (Å²) in [5.74, 6) is 0.805. The van der Waals surface area contributed by atoms with E-state index in [4.69, 9.17) is 4.74 Å². The Balaban J connectivity index is 1.82. The van der Waals surface area contributed by atoms with Crippen molar-refractivity contribution in [3.63, 3.8) is 0 Å². The predicted molar refractivity (Wildman–Crippen MR) is 84.2 cm³/mol. The van der Waals surface area contributed by atoms with E-state index in [1.165, 1.54) is 0 Å². The Kier molecular flexibility index (Phi) is 5.63. The van der Waals surface area contributed by atoms with Crippen LogP contribution in [0.4, 0.5) is 4.79 Å². The third-order valence-electron chi connectivity index (χ3n) is 3.68. The van der Waals surface area contributed by atoms with Crippen LogP contribution in [0.1, 0.15) is 12.5 Å². The number of nitrogens with one attached hydrogen (secondary N) is 1. The van der Waals surface area contributed by atoms with Gasteiger partial charge in [-0.2, -0.15) is 0 Å². The van der Waals surface area contributed by atoms with Crippen molar-refractivity contribution in [2.45, 2.75) is 6.92 Å². The summed E-state index contributed by atoms with van der Waals surface area (Å²) in [5, 5.41) is 2.82. The van der Waals surface area contributed by atoms with Crippen molar-refractivity contribution >= 4 is 12.1 Å². The summed E-state index contributed by atoms with van der Waals surface area (Å²) in [5.41, 5.74) is 0.991. The SMILES string of the molecule is CCN1CCN(C(=O)N/C=C/c2cccc(OC)c2)CC1. The number of hydrogen-bond acceptors (Lipinski definition) is 3. The van der Waals surface area contributed by atoms with Crippen molar-refractivity contribution in [2.24, 2.45) is 0 Å². The highest BCUT2D eigenvalue weighted by molar-refractivity contribution is 5.76. The zero-order chi connectivity index (χ0) is 15.1. The average molecular weight is 289 g/mol. The molecule has 0 radical (unpaired) electrons. The molecular formula is C16H23N3O2. The van der Waals surface area contributed by atoms with Gasteiger partial charge in [-0.05, 0) is 30.3 Å². The summed E-state index contributed by atoms with van der Waals surface area (Å²) in [6, 6.07) is 7.66. The molecule has 0 spiro atoms. The molecule has 5 nitrogen and oxygen atoms in total. The van der Waals surface area contributed by atoms with Gasteiger partial charge in [0.2, 0.25) is 0 Å². The number of carbonyl (C=O) groups is 1. The van der Waals surface area contributed by atoms with Gasteiger partial charge in [0, 0.05) is 32.4 Å². The molecule has 1 aromatic rings. The summed E-state index contributed by atoms with van der Waals surface area (Å²) in [4.78, 5) is 16.2. The second kappa shape index (κ2) is 7.69. The van der Waals surface area contributed by atoms with Gasteiger partial charge in [0.25, 0.3) is 0 Å². The van der Waals surface area contributed by atoms with Gasteiger partial charge >= 0.3 is 6.03 Å². The minimum atomic E-state index is -0.0371. The molecule has 0 saturated carbocycles. The molecule has 1 aromatic carbocycles. The first kappa shape index (κ1) is 15.4. The van der Waals surface area contributed by atoms with Crippen LogP contribution < -0.4 is 10.1 Å². The van der Waals surface area contributed by atoms with E-state index in [9.17, 15) is 4.79 Å². The highest BCUT2D eigenvalue weighted by Gasteiger charge is 2.18. The van der Waals surface area contributed by atoms with Crippen molar-refractivity contribution in [1.82, 2.24) is 15.1 Å². The largest absolute Gasteiger partial charge is 0.497 e. The van der Waals surface area contributed by atoms with E-state index in [2.05, 4.69) is 17.1 Å². The van der Waals surface area contributed by atoms with Crippen molar-refractivity contribution in [2.75, 3.05) is 39.8 Å². The average Bonchev–Trinajstić information content (AvgIpc) is 2.55. The number of hydrogen-bond donors (Lipinski definition) is 1. The van der Waals surface area contributed by atoms with E-state index in [-0.39, 0.29) is 6.03 Å². The number of likely N-dealkylation sites (N-methyl/N-ethyl adjacent to an activating group) is 1. The van der Waals surface area contributed by atoms with Gasteiger partial charge in [0.1, 0.15) is 5.75 Å². The lowest BCUT2D eigenvalue weighted by molar-refractivity contribution is 0.145. The van der Waals surface area contributed by atoms with E-state index in [1.54, 1.807) is 13.3 Å². The number of ether oxygens (including phenoxy) is 1. The lowest BCUT2D eigenvalue weighted by Gasteiger charge is -2.33. The highest BCUT2D eigenvalue weighted by Crippen LogP contribution is 2.13. The molecule has 0 atom stereocenters. The van der Waals surface area contributed by atoms with E-state index < -0.39 is 0 Å². The lowest BCUT2D eigenvalue weighted by atomic mass is 10.2. The fourth-order valence-electron chi connectivity index (χ4n) is 2.31. The molecule has 1 fully saturated rings. The molecule has 114 valence electrons. The van der Waals surface area contributed by atoms with Crippen molar-refractivity contribution in [1.29, 1.82) is 0 Å². The summed E-state index contributed by atoms with van der Waals surface area (Å²) in [7, 11) is 1.64. The number of carbonyl (C=O) groups excluding carboxylic acids is 1. The molecule has 1 aliphatic rings. The number of piperazine rings is 1. The summed E-state index contributed by atoms with van der Waals surface area (Å²) in [6.07, 6.45) is 3.55. The van der Waals surface area contributed by atoms with Gasteiger partial charge in [0.05, 0.1) is 7.11 Å². The molecule has 21 heavy (non-hydrogen) atoms. The third kappa shape index (κ3) is 4.49. The van der Waals surface area contributed by atoms with Gasteiger partial charge < -0.3 is 19.9 Å². The zero-order valence-corrected chi connectivity index (χ0v) is 12.7. The van der Waals surface area contributed by atoms with Crippen LogP contribution in [0.2, 0.25) is 0 Å². The fourth-order valence-corrected chi connectivity index (χ4v) is 2.31. The van der Waals surface area contributed by atoms with Crippen LogP contribution in [0.25, 0.3) is 6.08 Å². The van der Waals surface area contributed by atoms with Crippen molar-refractivity contribution < 1.29 is 9.53 Å². The first-order valence-corrected chi connectivity index (χ1v) is 7.31. The number of methoxy groups -OCH3 is 1. The Morgan fingerprint density at radius 3 is 2.76 bits per heavy atom. The smallest absolute Gasteiger partial charge is 0.321 e. The molecule has 1 N–H and O–H groups in total. The van der Waals surface area contributed by atoms with E-state index >= 15 is 0 Å². The molecule has 1 aliphatic heterocycles. The van der Waals surface area contributed by atoms with E-state index in [0.29, 0.717) is 0 Å². The Labute approximate surface area is 126 Å². The number of urea groups is 1. The van der Waals surface area contributed by atoms with Gasteiger partial charge in [0.15, 0.2) is 0 Å². The maximum Gasteiger partial charge on any atom is 0.321 e. The maximum absolute atomic E-state index is 12.0. The fraction of sp³-hybridized carbons (Fsp3) is 0.438. The first-order chi connectivity index (χ1) is 10.2. The standard InChI is InChI=1S/C16H23N3O2/c1-3-18-9-11-19(12-10-18)16(20)17-8-7-14-5-4-6-15(13-14)21-2/h4-8,13H,3,9-12H2,1-2H3,(H,17,20)/b8-7+. The summed E-state index contributed by atoms with van der Waals surface area (Å²) >= 11 is 0. The monoisotopic (exact) mass is 289 g/mol. The van der Waals surface area contributed by atoms with Crippen LogP contribution in [-0.4, -0.2) is 55.7 Å². The Morgan fingerprint density at radius 2 is 2.10 bits per heavy atom. The van der Waals surface area contributed by atoms with Gasteiger partial charge in [-0.25, -0.2) is 4.79 Å². The zero-order valence-electron chi connectivity index (χ0n) is 12.7. The maximum atomic E-state index is 12.0. The molecule has 1 saturated heterocycles. The number of amides is 2. The Bertz CT molecular complexity index is 494. The van der Waals surface area contributed by atoms with Gasteiger partial charge in [-0.3, -0.25) is 0 Å². The van der Waals surface area contributed by atoms with Crippen LogP contribution in [0.3, 0.4) is 0 Å². The van der Waals surface area contributed by atoms with E-state index in [0.717, 1.165) is 44.0 Å². The van der Waals surface area contributed by atoms with Crippen molar-refractivity contribution in [3.8, 4) is 5.75 Å².